The zero-order chi connectivity index (χ0) is 28.1. The SMILES string of the molecule is CNC(=O)c1c(-c2ccc(F)cc2)oc2c1cc(-c1cccc(C(=O)NC(C)(C)C)c1)c1c2cc(C)n1SC. The van der Waals surface area contributed by atoms with Crippen molar-refractivity contribution in [2.75, 3.05) is 13.3 Å². The minimum absolute atomic E-state index is 0.161. The summed E-state index contributed by atoms with van der Waals surface area (Å²) in [6, 6.07) is 17.4. The largest absolute Gasteiger partial charge is 0.454 e. The van der Waals surface area contributed by atoms with Gasteiger partial charge in [0.25, 0.3) is 11.8 Å². The fourth-order valence-electron chi connectivity index (χ4n) is 4.89. The number of halogens is 1. The minimum Gasteiger partial charge on any atom is -0.454 e. The van der Waals surface area contributed by atoms with Gasteiger partial charge in [0.05, 0.1) is 11.1 Å². The van der Waals surface area contributed by atoms with E-state index in [1.54, 1.807) is 37.2 Å². The zero-order valence-corrected chi connectivity index (χ0v) is 23.5. The number of benzene rings is 3. The lowest BCUT2D eigenvalue weighted by molar-refractivity contribution is 0.0918. The molecule has 6 nitrogen and oxygen atoms in total. The molecule has 2 aromatic heterocycles. The van der Waals surface area contributed by atoms with Crippen LogP contribution in [0.5, 0.6) is 0 Å². The number of aryl methyl sites for hydroxylation is 1. The first kappa shape index (κ1) is 26.6. The predicted molar refractivity (Wildman–Crippen MR) is 157 cm³/mol. The number of aromatic nitrogens is 1. The van der Waals surface area contributed by atoms with Crippen molar-refractivity contribution >= 4 is 45.6 Å². The van der Waals surface area contributed by atoms with Crippen molar-refractivity contribution in [1.82, 2.24) is 14.6 Å². The van der Waals surface area contributed by atoms with Gasteiger partial charge in [0.2, 0.25) is 0 Å². The average molecular weight is 544 g/mol. The van der Waals surface area contributed by atoms with Crippen LogP contribution >= 0.6 is 11.9 Å². The lowest BCUT2D eigenvalue weighted by atomic mass is 9.96. The van der Waals surface area contributed by atoms with Crippen LogP contribution in [0.15, 0.2) is 65.1 Å². The summed E-state index contributed by atoms with van der Waals surface area (Å²) in [5.74, 6) is -0.469. The predicted octanol–water partition coefficient (Wildman–Crippen LogP) is 7.18. The van der Waals surface area contributed by atoms with Gasteiger partial charge < -0.3 is 15.1 Å². The molecule has 0 aliphatic carbocycles. The van der Waals surface area contributed by atoms with Crippen molar-refractivity contribution in [2.45, 2.75) is 33.2 Å². The number of hydrogen-bond acceptors (Lipinski definition) is 4. The van der Waals surface area contributed by atoms with Gasteiger partial charge in [-0.1, -0.05) is 12.1 Å². The maximum Gasteiger partial charge on any atom is 0.255 e. The molecular formula is C31H30FN3O3S. The third kappa shape index (κ3) is 4.81. The molecule has 0 fully saturated rings. The van der Waals surface area contributed by atoms with Crippen LogP contribution in [0.25, 0.3) is 44.3 Å². The first-order valence-corrected chi connectivity index (χ1v) is 13.8. The number of amides is 2. The van der Waals surface area contributed by atoms with Crippen molar-refractivity contribution in [1.29, 1.82) is 0 Å². The fourth-order valence-corrected chi connectivity index (χ4v) is 5.61. The van der Waals surface area contributed by atoms with Crippen LogP contribution in [0.4, 0.5) is 4.39 Å². The Labute approximate surface area is 230 Å². The molecule has 0 saturated carbocycles. The van der Waals surface area contributed by atoms with Crippen LogP contribution in [0.1, 0.15) is 47.2 Å². The summed E-state index contributed by atoms with van der Waals surface area (Å²) < 4.78 is 22.2. The standard InChI is InChI=1S/C31H30FN3O3S/c1-17-14-24-26(35(17)39-6)22(19-8-7-9-20(15-19)29(36)34-31(2,3)4)16-23-25(30(37)33-5)27(38-28(23)24)18-10-12-21(32)13-11-18/h7-16H,1-6H3,(H,33,37)(H,34,36). The van der Waals surface area contributed by atoms with Crippen LogP contribution < -0.4 is 10.6 Å². The van der Waals surface area contributed by atoms with Crippen LogP contribution in [-0.4, -0.2) is 34.6 Å². The van der Waals surface area contributed by atoms with E-state index in [9.17, 15) is 14.0 Å². The van der Waals surface area contributed by atoms with E-state index in [-0.39, 0.29) is 23.2 Å². The summed E-state index contributed by atoms with van der Waals surface area (Å²) in [5.41, 5.74) is 5.34. The number of nitrogens with one attached hydrogen (secondary N) is 2. The number of hydrogen-bond donors (Lipinski definition) is 2. The molecule has 0 atom stereocenters. The molecule has 2 N–H and O–H groups in total. The minimum atomic E-state index is -0.375. The van der Waals surface area contributed by atoms with Gasteiger partial charge in [0.15, 0.2) is 0 Å². The Morgan fingerprint density at radius 3 is 2.31 bits per heavy atom. The quantitative estimate of drug-likeness (QED) is 0.246. The van der Waals surface area contributed by atoms with E-state index in [2.05, 4.69) is 14.6 Å². The van der Waals surface area contributed by atoms with Gasteiger partial charge in [0.1, 0.15) is 17.2 Å². The van der Waals surface area contributed by atoms with Crippen LogP contribution in [-0.2, 0) is 0 Å². The lowest BCUT2D eigenvalue weighted by Gasteiger charge is -2.20. The number of nitrogens with zero attached hydrogens (tertiary/aromatic N) is 1. The van der Waals surface area contributed by atoms with E-state index in [4.69, 9.17) is 4.42 Å². The monoisotopic (exact) mass is 543 g/mol. The second kappa shape index (κ2) is 9.93. The van der Waals surface area contributed by atoms with Gasteiger partial charge in [0, 0.05) is 52.0 Å². The maximum absolute atomic E-state index is 13.7. The average Bonchev–Trinajstić information content (AvgIpc) is 3.44. The topological polar surface area (TPSA) is 76.3 Å². The molecule has 5 rings (SSSR count). The van der Waals surface area contributed by atoms with E-state index in [0.717, 1.165) is 27.7 Å². The molecule has 8 heteroatoms. The number of furan rings is 1. The van der Waals surface area contributed by atoms with Crippen LogP contribution in [0.3, 0.4) is 0 Å². The van der Waals surface area contributed by atoms with Crippen LogP contribution in [0.2, 0.25) is 0 Å². The molecular weight excluding hydrogens is 513 g/mol. The van der Waals surface area contributed by atoms with Crippen molar-refractivity contribution in [2.24, 2.45) is 0 Å². The van der Waals surface area contributed by atoms with E-state index in [0.29, 0.717) is 33.4 Å². The smallest absolute Gasteiger partial charge is 0.255 e. The molecule has 0 radical (unpaired) electrons. The van der Waals surface area contributed by atoms with Gasteiger partial charge in [-0.3, -0.25) is 13.6 Å². The maximum atomic E-state index is 13.7. The molecule has 0 bridgehead atoms. The van der Waals surface area contributed by atoms with E-state index >= 15 is 0 Å². The number of carbonyl (C=O) groups is 2. The Hall–Kier alpha value is -4.04. The molecule has 2 heterocycles. The number of fused-ring (bicyclic) bond motifs is 3. The zero-order valence-electron chi connectivity index (χ0n) is 22.7. The molecule has 3 aromatic carbocycles. The van der Waals surface area contributed by atoms with Crippen molar-refractivity contribution in [3.05, 3.63) is 83.3 Å². The van der Waals surface area contributed by atoms with Gasteiger partial charge in [-0.05, 0) is 93.7 Å². The normalized spacial score (nSPS) is 11.8. The molecule has 5 aromatic rings. The highest BCUT2D eigenvalue weighted by molar-refractivity contribution is 7.97. The summed E-state index contributed by atoms with van der Waals surface area (Å²) in [4.78, 5) is 26.2. The van der Waals surface area contributed by atoms with Crippen LogP contribution in [0, 0.1) is 12.7 Å². The summed E-state index contributed by atoms with van der Waals surface area (Å²) in [6.45, 7) is 7.84. The van der Waals surface area contributed by atoms with E-state index < -0.39 is 0 Å². The Morgan fingerprint density at radius 2 is 1.67 bits per heavy atom. The Morgan fingerprint density at radius 1 is 0.949 bits per heavy atom. The summed E-state index contributed by atoms with van der Waals surface area (Å²) in [6.07, 6.45) is 2.00. The Kier molecular flexibility index (Phi) is 6.76. The van der Waals surface area contributed by atoms with E-state index in [1.165, 1.54) is 12.1 Å². The van der Waals surface area contributed by atoms with Gasteiger partial charge in [-0.15, -0.1) is 0 Å². The highest BCUT2D eigenvalue weighted by Gasteiger charge is 2.26. The second-order valence-electron chi connectivity index (χ2n) is 10.5. The Balaban J connectivity index is 1.84. The third-order valence-corrected chi connectivity index (χ3v) is 7.37. The first-order valence-electron chi connectivity index (χ1n) is 12.6. The highest BCUT2D eigenvalue weighted by Crippen LogP contribution is 2.43. The van der Waals surface area contributed by atoms with Crippen molar-refractivity contribution in [3.63, 3.8) is 0 Å². The highest BCUT2D eigenvalue weighted by atomic mass is 32.2. The van der Waals surface area contributed by atoms with Gasteiger partial charge >= 0.3 is 0 Å². The molecule has 2 amide bonds. The Bertz CT molecular complexity index is 1740. The first-order chi connectivity index (χ1) is 18.5. The van der Waals surface area contributed by atoms with Gasteiger partial charge in [-0.2, -0.15) is 0 Å². The molecule has 0 aliphatic rings. The number of carbonyl (C=O) groups excluding carboxylic acids is 2. The van der Waals surface area contributed by atoms with E-state index in [1.807, 2.05) is 64.3 Å². The molecule has 0 aliphatic heterocycles. The summed E-state index contributed by atoms with van der Waals surface area (Å²) >= 11 is 1.56. The lowest BCUT2D eigenvalue weighted by Crippen LogP contribution is -2.40. The summed E-state index contributed by atoms with van der Waals surface area (Å²) in [7, 11) is 1.57. The molecule has 0 spiro atoms. The third-order valence-electron chi connectivity index (χ3n) is 6.53. The molecule has 0 saturated heterocycles. The molecule has 200 valence electrons. The molecule has 0 unspecified atom stereocenters. The van der Waals surface area contributed by atoms with Gasteiger partial charge in [-0.25, -0.2) is 4.39 Å². The summed E-state index contributed by atoms with van der Waals surface area (Å²) in [5, 5.41) is 7.23. The second-order valence-corrected chi connectivity index (χ2v) is 11.2. The number of rotatable bonds is 5. The van der Waals surface area contributed by atoms with Crippen molar-refractivity contribution < 1.29 is 18.4 Å². The molecule has 39 heavy (non-hydrogen) atoms. The fraction of sp³-hybridized carbons (Fsp3) is 0.226. The van der Waals surface area contributed by atoms with Crippen molar-refractivity contribution in [3.8, 4) is 22.5 Å².